The molecule has 2 N–H and O–H groups in total. The van der Waals surface area contributed by atoms with Gasteiger partial charge >= 0.3 is 0 Å². The van der Waals surface area contributed by atoms with E-state index in [0.717, 1.165) is 37.4 Å². The number of aromatic nitrogens is 3. The lowest BCUT2D eigenvalue weighted by molar-refractivity contribution is 0.366. The summed E-state index contributed by atoms with van der Waals surface area (Å²) in [5.74, 6) is 1.36. The van der Waals surface area contributed by atoms with Crippen LogP contribution in [0, 0.1) is 18.3 Å². The predicted octanol–water partition coefficient (Wildman–Crippen LogP) is 1.88. The van der Waals surface area contributed by atoms with Crippen molar-refractivity contribution in [2.24, 2.45) is 0 Å². The Morgan fingerprint density at radius 3 is 2.67 bits per heavy atom. The molecule has 0 spiro atoms. The number of hydrogen-bond donors (Lipinski definition) is 1. The van der Waals surface area contributed by atoms with Crippen molar-refractivity contribution in [1.29, 1.82) is 5.26 Å². The van der Waals surface area contributed by atoms with Gasteiger partial charge in [0, 0.05) is 25.0 Å². The second-order valence-corrected chi connectivity index (χ2v) is 5.37. The van der Waals surface area contributed by atoms with Crippen LogP contribution >= 0.6 is 0 Å². The predicted molar refractivity (Wildman–Crippen MR) is 80.8 cm³/mol. The Balaban J connectivity index is 1.74. The lowest BCUT2D eigenvalue weighted by Crippen LogP contribution is -2.36. The minimum atomic E-state index is 0.369. The fraction of sp³-hybridized carbons (Fsp3) is 0.400. The molecule has 108 valence electrons. The van der Waals surface area contributed by atoms with Gasteiger partial charge in [0.25, 0.3) is 0 Å². The van der Waals surface area contributed by atoms with Gasteiger partial charge in [-0.25, -0.2) is 4.98 Å². The van der Waals surface area contributed by atoms with Crippen LogP contribution in [0.25, 0.3) is 0 Å². The van der Waals surface area contributed by atoms with E-state index in [1.54, 1.807) is 0 Å². The van der Waals surface area contributed by atoms with Crippen LogP contribution < -0.4 is 10.6 Å². The maximum Gasteiger partial charge on any atom is 0.146 e. The highest BCUT2D eigenvalue weighted by Crippen LogP contribution is 2.27. The first-order chi connectivity index (χ1) is 10.2. The average molecular weight is 282 g/mol. The van der Waals surface area contributed by atoms with Gasteiger partial charge in [0.1, 0.15) is 17.7 Å². The van der Waals surface area contributed by atoms with Gasteiger partial charge in [-0.15, -0.1) is 0 Å². The molecule has 0 unspecified atom stereocenters. The summed E-state index contributed by atoms with van der Waals surface area (Å²) in [5, 5.41) is 13.5. The third-order valence-corrected chi connectivity index (χ3v) is 3.90. The molecule has 3 rings (SSSR count). The summed E-state index contributed by atoms with van der Waals surface area (Å²) in [6, 6.07) is 8.14. The number of pyridine rings is 1. The van der Waals surface area contributed by atoms with Crippen LogP contribution in [-0.2, 0) is 0 Å². The summed E-state index contributed by atoms with van der Waals surface area (Å²) in [4.78, 5) is 6.72. The minimum absolute atomic E-state index is 0.369. The van der Waals surface area contributed by atoms with Crippen LogP contribution in [0.4, 0.5) is 11.6 Å². The Kier molecular flexibility index (Phi) is 3.48. The van der Waals surface area contributed by atoms with Crippen LogP contribution in [0.2, 0.25) is 0 Å². The largest absolute Gasteiger partial charge is 0.382 e. The Hall–Kier alpha value is -2.55. The number of piperidine rings is 1. The standard InChI is InChI=1S/C15H18N6/c1-11-2-3-12(10-16)15(18-11)20-7-4-13(5-8-20)21-9-6-14(17)19-21/h2-3,6,9,13H,4-5,7-8H2,1H3,(H2,17,19). The molecule has 0 aromatic carbocycles. The highest BCUT2D eigenvalue weighted by atomic mass is 15.3. The maximum absolute atomic E-state index is 9.23. The average Bonchev–Trinajstić information content (AvgIpc) is 2.94. The molecule has 6 nitrogen and oxygen atoms in total. The molecule has 0 atom stereocenters. The van der Waals surface area contributed by atoms with Gasteiger partial charge in [-0.3, -0.25) is 4.68 Å². The molecule has 1 saturated heterocycles. The fourth-order valence-electron chi connectivity index (χ4n) is 2.77. The normalized spacial score (nSPS) is 15.9. The number of nitrogens with two attached hydrogens (primary N) is 1. The molecular formula is C15H18N6. The van der Waals surface area contributed by atoms with E-state index in [1.807, 2.05) is 36.0 Å². The van der Waals surface area contributed by atoms with Crippen molar-refractivity contribution in [3.05, 3.63) is 35.7 Å². The molecule has 1 aliphatic rings. The molecule has 1 aliphatic heterocycles. The van der Waals surface area contributed by atoms with E-state index < -0.39 is 0 Å². The summed E-state index contributed by atoms with van der Waals surface area (Å²) in [7, 11) is 0. The number of nitrogens with zero attached hydrogens (tertiary/aromatic N) is 5. The lowest BCUT2D eigenvalue weighted by atomic mass is 10.0. The van der Waals surface area contributed by atoms with Crippen LogP contribution in [0.3, 0.4) is 0 Å². The van der Waals surface area contributed by atoms with Gasteiger partial charge in [-0.05, 0) is 38.0 Å². The van der Waals surface area contributed by atoms with E-state index in [0.29, 0.717) is 17.4 Å². The van der Waals surface area contributed by atoms with Gasteiger partial charge < -0.3 is 10.6 Å². The zero-order valence-corrected chi connectivity index (χ0v) is 12.0. The fourth-order valence-corrected chi connectivity index (χ4v) is 2.77. The molecule has 1 fully saturated rings. The smallest absolute Gasteiger partial charge is 0.146 e. The zero-order valence-electron chi connectivity index (χ0n) is 12.0. The van der Waals surface area contributed by atoms with Crippen LogP contribution in [0.5, 0.6) is 0 Å². The zero-order chi connectivity index (χ0) is 14.8. The SMILES string of the molecule is Cc1ccc(C#N)c(N2CCC(n3ccc(N)n3)CC2)n1. The minimum Gasteiger partial charge on any atom is -0.382 e. The number of nitriles is 1. The van der Waals surface area contributed by atoms with Crippen LogP contribution in [0.15, 0.2) is 24.4 Å². The molecular weight excluding hydrogens is 264 g/mol. The summed E-state index contributed by atoms with van der Waals surface area (Å²) in [5.41, 5.74) is 7.25. The molecule has 6 heteroatoms. The number of anilines is 2. The summed E-state index contributed by atoms with van der Waals surface area (Å²) in [6.45, 7) is 3.69. The van der Waals surface area contributed by atoms with Gasteiger partial charge in [-0.1, -0.05) is 0 Å². The van der Waals surface area contributed by atoms with Crippen LogP contribution in [0.1, 0.15) is 30.1 Å². The first-order valence-corrected chi connectivity index (χ1v) is 7.10. The summed E-state index contributed by atoms with van der Waals surface area (Å²) in [6.07, 6.45) is 3.88. The maximum atomic E-state index is 9.23. The van der Waals surface area contributed by atoms with Gasteiger partial charge in [-0.2, -0.15) is 10.4 Å². The Morgan fingerprint density at radius 1 is 1.29 bits per heavy atom. The summed E-state index contributed by atoms with van der Waals surface area (Å²) >= 11 is 0. The van der Waals surface area contributed by atoms with Crippen molar-refractivity contribution in [2.45, 2.75) is 25.8 Å². The topological polar surface area (TPSA) is 83.8 Å². The molecule has 3 heterocycles. The van der Waals surface area contributed by atoms with Crippen molar-refractivity contribution in [1.82, 2.24) is 14.8 Å². The molecule has 0 bridgehead atoms. The number of rotatable bonds is 2. The van der Waals surface area contributed by atoms with Crippen molar-refractivity contribution in [3.63, 3.8) is 0 Å². The third kappa shape index (κ3) is 2.68. The van der Waals surface area contributed by atoms with E-state index >= 15 is 0 Å². The van der Waals surface area contributed by atoms with Crippen molar-refractivity contribution >= 4 is 11.6 Å². The van der Waals surface area contributed by atoms with Gasteiger partial charge in [0.05, 0.1) is 11.6 Å². The Labute approximate surface area is 123 Å². The number of hydrogen-bond acceptors (Lipinski definition) is 5. The molecule has 0 saturated carbocycles. The highest BCUT2D eigenvalue weighted by molar-refractivity contribution is 5.54. The van der Waals surface area contributed by atoms with Crippen LogP contribution in [-0.4, -0.2) is 27.9 Å². The monoisotopic (exact) mass is 282 g/mol. The number of nitrogen functional groups attached to an aromatic ring is 1. The molecule has 0 radical (unpaired) electrons. The van der Waals surface area contributed by atoms with Crippen molar-refractivity contribution < 1.29 is 0 Å². The summed E-state index contributed by atoms with van der Waals surface area (Å²) < 4.78 is 1.95. The van der Waals surface area contributed by atoms with Crippen molar-refractivity contribution in [2.75, 3.05) is 23.7 Å². The first-order valence-electron chi connectivity index (χ1n) is 7.10. The lowest BCUT2D eigenvalue weighted by Gasteiger charge is -2.33. The number of aryl methyl sites for hydroxylation is 1. The van der Waals surface area contributed by atoms with Gasteiger partial charge in [0.2, 0.25) is 0 Å². The second-order valence-electron chi connectivity index (χ2n) is 5.37. The highest BCUT2D eigenvalue weighted by Gasteiger charge is 2.23. The first kappa shape index (κ1) is 13.4. The van der Waals surface area contributed by atoms with Gasteiger partial charge in [0.15, 0.2) is 0 Å². The van der Waals surface area contributed by atoms with Crippen molar-refractivity contribution in [3.8, 4) is 6.07 Å². The molecule has 2 aromatic heterocycles. The van der Waals surface area contributed by atoms with E-state index in [4.69, 9.17) is 5.73 Å². The second kappa shape index (κ2) is 5.44. The third-order valence-electron chi connectivity index (χ3n) is 3.90. The molecule has 0 aliphatic carbocycles. The molecule has 2 aromatic rings. The van der Waals surface area contributed by atoms with E-state index in [-0.39, 0.29) is 0 Å². The molecule has 0 amide bonds. The Morgan fingerprint density at radius 2 is 2.05 bits per heavy atom. The van der Waals surface area contributed by atoms with E-state index in [9.17, 15) is 5.26 Å². The Bertz CT molecular complexity index is 676. The molecule has 21 heavy (non-hydrogen) atoms. The van der Waals surface area contributed by atoms with E-state index in [2.05, 4.69) is 21.1 Å². The quantitative estimate of drug-likeness (QED) is 0.909. The van der Waals surface area contributed by atoms with E-state index in [1.165, 1.54) is 0 Å².